The van der Waals surface area contributed by atoms with Crippen LogP contribution in [0.1, 0.15) is 24.4 Å². The number of hydrogen-bond donors (Lipinski definition) is 5. The average molecular weight is 320 g/mol. The lowest BCUT2D eigenvalue weighted by Crippen LogP contribution is -2.39. The number of H-pyrrole nitrogens is 1. The van der Waals surface area contributed by atoms with Crippen molar-refractivity contribution in [3.63, 3.8) is 0 Å². The lowest BCUT2D eigenvalue weighted by Gasteiger charge is -2.23. The normalized spacial score (nSPS) is 18.2. The van der Waals surface area contributed by atoms with Gasteiger partial charge in [-0.25, -0.2) is 4.98 Å². The molecule has 0 radical (unpaired) electrons. The molecule has 0 saturated carbocycles. The largest absolute Gasteiger partial charge is 0.416 e. The average Bonchev–Trinajstić information content (AvgIpc) is 2.86. The van der Waals surface area contributed by atoms with Crippen LogP contribution >= 0.6 is 0 Å². The second-order valence-electron chi connectivity index (χ2n) is 5.02. The summed E-state index contributed by atoms with van der Waals surface area (Å²) >= 11 is 0. The Morgan fingerprint density at radius 1 is 1.09 bits per heavy atom. The summed E-state index contributed by atoms with van der Waals surface area (Å²) in [5.74, 6) is -0.207. The molecule has 2 aromatic rings. The van der Waals surface area contributed by atoms with Crippen molar-refractivity contribution in [1.29, 1.82) is 0 Å². The number of aliphatic hydroxyl groups excluding tert-OH is 4. The number of aliphatic hydroxyl groups is 4. The fourth-order valence-corrected chi connectivity index (χ4v) is 1.98. The molecule has 0 spiro atoms. The van der Waals surface area contributed by atoms with Gasteiger partial charge in [-0.2, -0.15) is 13.2 Å². The van der Waals surface area contributed by atoms with E-state index >= 15 is 0 Å². The monoisotopic (exact) mass is 320 g/mol. The number of nitrogens with zero attached hydrogens (tertiary/aromatic N) is 1. The molecule has 122 valence electrons. The first-order chi connectivity index (χ1) is 10.1. The molecule has 0 aliphatic carbocycles. The highest BCUT2D eigenvalue weighted by Gasteiger charge is 2.33. The van der Waals surface area contributed by atoms with E-state index in [2.05, 4.69) is 9.97 Å². The molecule has 0 amide bonds. The molecule has 0 bridgehead atoms. The molecule has 1 heterocycles. The van der Waals surface area contributed by atoms with E-state index in [1.54, 1.807) is 0 Å². The van der Waals surface area contributed by atoms with Crippen LogP contribution in [0.2, 0.25) is 0 Å². The first kappa shape index (κ1) is 16.7. The molecule has 22 heavy (non-hydrogen) atoms. The molecule has 1 aromatic carbocycles. The zero-order valence-corrected chi connectivity index (χ0v) is 11.4. The summed E-state index contributed by atoms with van der Waals surface area (Å²) in [7, 11) is 0. The predicted molar refractivity (Wildman–Crippen MR) is 69.7 cm³/mol. The first-order valence-corrected chi connectivity index (χ1v) is 6.40. The van der Waals surface area contributed by atoms with Crippen molar-refractivity contribution >= 4 is 11.0 Å². The lowest BCUT2D eigenvalue weighted by molar-refractivity contribution is -0.137. The highest BCUT2D eigenvalue weighted by molar-refractivity contribution is 5.76. The Morgan fingerprint density at radius 2 is 1.73 bits per heavy atom. The minimum atomic E-state index is -4.51. The molecule has 5 N–H and O–H groups in total. The van der Waals surface area contributed by atoms with Gasteiger partial charge in [-0.1, -0.05) is 0 Å². The number of imidazole rings is 1. The SMILES string of the molecule is CC(O)[C@H](O)C(O)[C@H](O)c1nc2ccc(C(F)(F)F)cc2[nH]1. The van der Waals surface area contributed by atoms with Crippen molar-refractivity contribution in [2.75, 3.05) is 0 Å². The minimum absolute atomic E-state index is 0.0302. The third-order valence-corrected chi connectivity index (χ3v) is 3.28. The van der Waals surface area contributed by atoms with Crippen LogP contribution in [0.15, 0.2) is 18.2 Å². The minimum Gasteiger partial charge on any atom is -0.391 e. The van der Waals surface area contributed by atoms with Gasteiger partial charge in [0, 0.05) is 0 Å². The number of fused-ring (bicyclic) bond motifs is 1. The van der Waals surface area contributed by atoms with Gasteiger partial charge < -0.3 is 25.4 Å². The van der Waals surface area contributed by atoms with E-state index in [1.165, 1.54) is 6.92 Å². The van der Waals surface area contributed by atoms with Crippen LogP contribution in [0.4, 0.5) is 13.2 Å². The molecule has 4 atom stereocenters. The standard InChI is InChI=1S/C13H15F3N2O4/c1-5(19)9(20)10(21)11(22)12-17-7-3-2-6(13(14,15)16)4-8(7)18-12/h2-5,9-11,19-22H,1H3,(H,17,18)/t5?,9-,10?,11-/m0/s1. The van der Waals surface area contributed by atoms with Crippen LogP contribution in [0.5, 0.6) is 0 Å². The molecule has 2 unspecified atom stereocenters. The van der Waals surface area contributed by atoms with E-state index in [0.29, 0.717) is 0 Å². The molecule has 2 rings (SSSR count). The zero-order valence-electron chi connectivity index (χ0n) is 11.4. The molecule has 1 aromatic heterocycles. The van der Waals surface area contributed by atoms with Crippen LogP contribution < -0.4 is 0 Å². The Kier molecular flexibility index (Phi) is 4.43. The number of hydrogen-bond acceptors (Lipinski definition) is 5. The molecule has 0 aliphatic rings. The van der Waals surface area contributed by atoms with Gasteiger partial charge >= 0.3 is 6.18 Å². The third-order valence-electron chi connectivity index (χ3n) is 3.28. The van der Waals surface area contributed by atoms with Crippen LogP contribution in [-0.2, 0) is 6.18 Å². The Labute approximate surface area is 122 Å². The van der Waals surface area contributed by atoms with Gasteiger partial charge in [0.1, 0.15) is 24.1 Å². The smallest absolute Gasteiger partial charge is 0.391 e. The Bertz CT molecular complexity index is 656. The van der Waals surface area contributed by atoms with Crippen molar-refractivity contribution in [1.82, 2.24) is 9.97 Å². The van der Waals surface area contributed by atoms with Gasteiger partial charge in [0.05, 0.1) is 22.7 Å². The number of aromatic nitrogens is 2. The quantitative estimate of drug-likeness (QED) is 0.570. The van der Waals surface area contributed by atoms with Gasteiger partial charge in [0.15, 0.2) is 0 Å². The van der Waals surface area contributed by atoms with Crippen LogP contribution in [0, 0.1) is 0 Å². The number of alkyl halides is 3. The summed E-state index contributed by atoms with van der Waals surface area (Å²) < 4.78 is 37.9. The fourth-order valence-electron chi connectivity index (χ4n) is 1.98. The summed E-state index contributed by atoms with van der Waals surface area (Å²) in [5.41, 5.74) is -0.683. The van der Waals surface area contributed by atoms with Gasteiger partial charge in [0.25, 0.3) is 0 Å². The summed E-state index contributed by atoms with van der Waals surface area (Å²) in [6.45, 7) is 1.22. The fraction of sp³-hybridized carbons (Fsp3) is 0.462. The molecule has 0 aliphatic heterocycles. The number of nitrogens with one attached hydrogen (secondary N) is 1. The van der Waals surface area contributed by atoms with E-state index in [1.807, 2.05) is 0 Å². The van der Waals surface area contributed by atoms with Crippen molar-refractivity contribution in [3.8, 4) is 0 Å². The van der Waals surface area contributed by atoms with Crippen molar-refractivity contribution in [3.05, 3.63) is 29.6 Å². The molecule has 0 saturated heterocycles. The Balaban J connectivity index is 2.33. The van der Waals surface area contributed by atoms with Crippen molar-refractivity contribution in [2.45, 2.75) is 37.5 Å². The summed E-state index contributed by atoms with van der Waals surface area (Å²) in [6, 6.07) is 2.80. The molecular weight excluding hydrogens is 305 g/mol. The third kappa shape index (κ3) is 3.22. The van der Waals surface area contributed by atoms with E-state index in [-0.39, 0.29) is 16.9 Å². The molecular formula is C13H15F3N2O4. The highest BCUT2D eigenvalue weighted by Crippen LogP contribution is 2.31. The maximum absolute atomic E-state index is 12.6. The number of rotatable bonds is 4. The molecule has 6 nitrogen and oxygen atoms in total. The maximum atomic E-state index is 12.6. The summed E-state index contributed by atoms with van der Waals surface area (Å²) in [4.78, 5) is 6.34. The number of benzene rings is 1. The lowest BCUT2D eigenvalue weighted by atomic mass is 10.0. The number of aromatic amines is 1. The van der Waals surface area contributed by atoms with Crippen molar-refractivity contribution in [2.24, 2.45) is 0 Å². The topological polar surface area (TPSA) is 110 Å². The van der Waals surface area contributed by atoms with E-state index < -0.39 is 36.2 Å². The van der Waals surface area contributed by atoms with Crippen molar-refractivity contribution < 1.29 is 33.6 Å². The second kappa shape index (κ2) is 5.84. The zero-order chi connectivity index (χ0) is 16.7. The van der Waals surface area contributed by atoms with Gasteiger partial charge in [-0.3, -0.25) is 0 Å². The van der Waals surface area contributed by atoms with E-state index in [0.717, 1.165) is 18.2 Å². The maximum Gasteiger partial charge on any atom is 0.416 e. The predicted octanol–water partition coefficient (Wildman–Crippen LogP) is 0.718. The van der Waals surface area contributed by atoms with E-state index in [4.69, 9.17) is 0 Å². The second-order valence-corrected chi connectivity index (χ2v) is 5.02. The first-order valence-electron chi connectivity index (χ1n) is 6.40. The summed E-state index contributed by atoms with van der Waals surface area (Å²) in [6.07, 6.45) is -10.9. The van der Waals surface area contributed by atoms with Crippen LogP contribution in [0.25, 0.3) is 11.0 Å². The van der Waals surface area contributed by atoms with Gasteiger partial charge in [-0.05, 0) is 25.1 Å². The van der Waals surface area contributed by atoms with Crippen LogP contribution in [-0.4, -0.2) is 48.7 Å². The Morgan fingerprint density at radius 3 is 2.27 bits per heavy atom. The van der Waals surface area contributed by atoms with Crippen LogP contribution in [0.3, 0.4) is 0 Å². The summed E-state index contributed by atoms with van der Waals surface area (Å²) in [5, 5.41) is 38.3. The highest BCUT2D eigenvalue weighted by atomic mass is 19.4. The van der Waals surface area contributed by atoms with E-state index in [9.17, 15) is 33.6 Å². The van der Waals surface area contributed by atoms with Gasteiger partial charge in [0.2, 0.25) is 0 Å². The number of halogens is 3. The molecule has 0 fully saturated rings. The Hall–Kier alpha value is -1.68. The van der Waals surface area contributed by atoms with Gasteiger partial charge in [-0.15, -0.1) is 0 Å². The molecule has 9 heteroatoms.